The normalized spacial score (nSPS) is 6.43. The van der Waals surface area contributed by atoms with Gasteiger partial charge in [-0.3, -0.25) is 4.98 Å². The van der Waals surface area contributed by atoms with E-state index in [4.69, 9.17) is 39.6 Å². The predicted molar refractivity (Wildman–Crippen MR) is 72.7 cm³/mol. The van der Waals surface area contributed by atoms with E-state index in [1.54, 1.807) is 12.4 Å². The number of nitrogens with zero attached hydrogens (tertiary/aromatic N) is 1. The van der Waals surface area contributed by atoms with Crippen molar-refractivity contribution >= 4 is 51.2 Å². The molecule has 9 nitrogen and oxygen atoms in total. The van der Waals surface area contributed by atoms with E-state index in [1.165, 1.54) is 0 Å². The molecule has 0 fully saturated rings. The molecular weight excluding hydrogens is 505 g/mol. The van der Waals surface area contributed by atoms with Gasteiger partial charge in [0.2, 0.25) is 0 Å². The molecule has 0 unspecified atom stereocenters. The standard InChI is InChI=1S/C5H5N.4C2H4O2.Pb/c1-2-4-6-5-3-1;4*1-2(3)4;/h1-5H;4*1H3,(H,3,4);/p-4. The van der Waals surface area contributed by atoms with Crippen molar-refractivity contribution in [2.24, 2.45) is 0 Å². The maximum absolute atomic E-state index is 8.89. The van der Waals surface area contributed by atoms with Crippen LogP contribution in [0.4, 0.5) is 0 Å². The number of aliphatic carboxylic acids is 4. The first-order valence-electron chi connectivity index (χ1n) is 5.48. The van der Waals surface area contributed by atoms with E-state index in [0.717, 1.165) is 27.7 Å². The summed E-state index contributed by atoms with van der Waals surface area (Å²) in [6, 6.07) is 5.72. The van der Waals surface area contributed by atoms with Crippen LogP contribution in [0.2, 0.25) is 0 Å². The molecule has 1 rings (SSSR count). The topological polar surface area (TPSA) is 173 Å². The third kappa shape index (κ3) is 412. The van der Waals surface area contributed by atoms with Gasteiger partial charge in [-0.1, -0.05) is 6.07 Å². The molecule has 0 aromatic carbocycles. The van der Waals surface area contributed by atoms with Gasteiger partial charge in [0.05, 0.1) is 0 Å². The predicted octanol–water partition coefficient (Wildman–Crippen LogP) is -4.27. The average Bonchev–Trinajstić information content (AvgIpc) is 2.28. The molecule has 1 heterocycles. The van der Waals surface area contributed by atoms with Crippen LogP contribution >= 0.6 is 0 Å². The molecule has 130 valence electrons. The summed E-state index contributed by atoms with van der Waals surface area (Å²) in [4.78, 5) is 39.3. The van der Waals surface area contributed by atoms with Crippen LogP contribution in [0.3, 0.4) is 0 Å². The Morgan fingerprint density at radius 3 is 0.826 bits per heavy atom. The van der Waals surface area contributed by atoms with Crippen LogP contribution in [0.15, 0.2) is 30.6 Å². The molecule has 1 aromatic heterocycles. The van der Waals surface area contributed by atoms with Crippen LogP contribution in [0.1, 0.15) is 27.7 Å². The minimum atomic E-state index is -1.08. The van der Waals surface area contributed by atoms with Gasteiger partial charge in [-0.25, -0.2) is 0 Å². The fraction of sp³-hybridized carbons (Fsp3) is 0.308. The zero-order valence-corrected chi connectivity index (χ0v) is 17.0. The van der Waals surface area contributed by atoms with E-state index in [9.17, 15) is 0 Å². The van der Waals surface area contributed by atoms with E-state index in [1.807, 2.05) is 18.2 Å². The molecule has 10 heteroatoms. The first-order chi connectivity index (χ1) is 9.93. The fourth-order valence-corrected chi connectivity index (χ4v) is 0.313. The van der Waals surface area contributed by atoms with Crippen molar-refractivity contribution < 1.29 is 39.6 Å². The second-order valence-corrected chi connectivity index (χ2v) is 2.99. The number of carboxylic acid groups (broad SMARTS) is 4. The molecule has 0 atom stereocenters. The molecule has 1 aromatic rings. The molecular formula is C13H17NO8Pb-4. The summed E-state index contributed by atoms with van der Waals surface area (Å²) >= 11 is 0. The monoisotopic (exact) mass is 523 g/mol. The molecule has 0 saturated carbocycles. The van der Waals surface area contributed by atoms with Gasteiger partial charge in [-0.2, -0.15) is 0 Å². The van der Waals surface area contributed by atoms with Crippen molar-refractivity contribution in [3.63, 3.8) is 0 Å². The smallest absolute Gasteiger partial charge is 0.0383 e. The molecule has 4 radical (unpaired) electrons. The van der Waals surface area contributed by atoms with E-state index < -0.39 is 23.9 Å². The summed E-state index contributed by atoms with van der Waals surface area (Å²) in [6.45, 7) is 3.89. The van der Waals surface area contributed by atoms with Gasteiger partial charge in [-0.15, -0.1) is 0 Å². The van der Waals surface area contributed by atoms with Crippen molar-refractivity contribution in [3.05, 3.63) is 30.6 Å². The Labute approximate surface area is 154 Å². The number of pyridine rings is 1. The SMILES string of the molecule is CC(=O)[O-].CC(=O)[O-].CC(=O)[O-].CC(=O)[O-].[Pb].c1ccncc1. The van der Waals surface area contributed by atoms with Gasteiger partial charge in [0.25, 0.3) is 0 Å². The van der Waals surface area contributed by atoms with Crippen LogP contribution in [0.5, 0.6) is 0 Å². The van der Waals surface area contributed by atoms with Crippen molar-refractivity contribution in [2.75, 3.05) is 0 Å². The number of rotatable bonds is 0. The number of hydrogen-bond donors (Lipinski definition) is 0. The largest absolute Gasteiger partial charge is 0.550 e. The van der Waals surface area contributed by atoms with E-state index in [0.29, 0.717) is 0 Å². The number of hydrogen-bond acceptors (Lipinski definition) is 9. The Kier molecular flexibility index (Phi) is 40.1. The fourth-order valence-electron chi connectivity index (χ4n) is 0.313. The number of carbonyl (C=O) groups excluding carboxylic acids is 4. The van der Waals surface area contributed by atoms with E-state index >= 15 is 0 Å². The molecule has 0 aliphatic rings. The summed E-state index contributed by atoms with van der Waals surface area (Å²) < 4.78 is 0. The number of carbonyl (C=O) groups is 4. The number of aromatic nitrogens is 1. The van der Waals surface area contributed by atoms with Crippen molar-refractivity contribution in [1.29, 1.82) is 0 Å². The maximum Gasteiger partial charge on any atom is 0.0383 e. The second-order valence-electron chi connectivity index (χ2n) is 2.99. The quantitative estimate of drug-likeness (QED) is 0.306. The summed E-state index contributed by atoms with van der Waals surface area (Å²) in [6.07, 6.45) is 3.50. The van der Waals surface area contributed by atoms with Crippen LogP contribution in [0.25, 0.3) is 0 Å². The van der Waals surface area contributed by atoms with Crippen molar-refractivity contribution in [1.82, 2.24) is 4.98 Å². The zero-order chi connectivity index (χ0) is 18.6. The first-order valence-corrected chi connectivity index (χ1v) is 5.48. The molecule has 0 aliphatic carbocycles. The molecule has 0 spiro atoms. The minimum Gasteiger partial charge on any atom is -0.550 e. The molecule has 0 amide bonds. The van der Waals surface area contributed by atoms with Gasteiger partial charge in [0.15, 0.2) is 0 Å². The second kappa shape index (κ2) is 28.2. The first kappa shape index (κ1) is 32.8. The van der Waals surface area contributed by atoms with Gasteiger partial charge in [0, 0.05) is 63.6 Å². The average molecular weight is 522 g/mol. The van der Waals surface area contributed by atoms with Gasteiger partial charge >= 0.3 is 0 Å². The Balaban J connectivity index is -0.0000000591. The molecule has 0 aliphatic heterocycles. The summed E-state index contributed by atoms with van der Waals surface area (Å²) in [5.41, 5.74) is 0. The summed E-state index contributed by atoms with van der Waals surface area (Å²) in [7, 11) is 0. The zero-order valence-electron chi connectivity index (χ0n) is 13.1. The van der Waals surface area contributed by atoms with Gasteiger partial charge in [-0.05, 0) is 39.8 Å². The Morgan fingerprint density at radius 2 is 0.783 bits per heavy atom. The van der Waals surface area contributed by atoms with Crippen LogP contribution < -0.4 is 20.4 Å². The molecule has 0 N–H and O–H groups in total. The van der Waals surface area contributed by atoms with Crippen molar-refractivity contribution in [3.8, 4) is 0 Å². The van der Waals surface area contributed by atoms with Crippen LogP contribution in [0, 0.1) is 0 Å². The van der Waals surface area contributed by atoms with Gasteiger partial charge in [0.1, 0.15) is 0 Å². The van der Waals surface area contributed by atoms with Crippen LogP contribution in [-0.4, -0.2) is 56.2 Å². The Hall–Kier alpha value is -2.05. The minimum absolute atomic E-state index is 0. The molecule has 0 saturated heterocycles. The Bertz CT molecular complexity index is 321. The van der Waals surface area contributed by atoms with Crippen LogP contribution in [-0.2, 0) is 19.2 Å². The van der Waals surface area contributed by atoms with E-state index in [-0.39, 0.29) is 27.3 Å². The van der Waals surface area contributed by atoms with Crippen molar-refractivity contribution in [2.45, 2.75) is 27.7 Å². The van der Waals surface area contributed by atoms with Gasteiger partial charge < -0.3 is 39.6 Å². The third-order valence-corrected chi connectivity index (χ3v) is 0.566. The third-order valence-electron chi connectivity index (χ3n) is 0.566. The Morgan fingerprint density at radius 1 is 0.609 bits per heavy atom. The maximum atomic E-state index is 8.89. The molecule has 23 heavy (non-hydrogen) atoms. The van der Waals surface area contributed by atoms with E-state index in [2.05, 4.69) is 4.98 Å². The summed E-state index contributed by atoms with van der Waals surface area (Å²) in [5, 5.41) is 35.6. The number of carboxylic acids is 4. The summed E-state index contributed by atoms with van der Waals surface area (Å²) in [5.74, 6) is -4.33. The molecule has 0 bridgehead atoms.